The van der Waals surface area contributed by atoms with Crippen LogP contribution in [0.1, 0.15) is 11.8 Å². The topological polar surface area (TPSA) is 92.1 Å². The fourth-order valence-corrected chi connectivity index (χ4v) is 2.21. The van der Waals surface area contributed by atoms with Crippen molar-refractivity contribution in [3.8, 4) is 5.69 Å². The highest BCUT2D eigenvalue weighted by Crippen LogP contribution is 2.19. The number of anilines is 2. The third-order valence-corrected chi connectivity index (χ3v) is 3.41. The molecule has 0 aliphatic heterocycles. The van der Waals surface area contributed by atoms with Crippen molar-refractivity contribution in [2.45, 2.75) is 6.23 Å². The largest absolute Gasteiger partial charge is 0.369 e. The molecule has 0 saturated carbocycles. The van der Waals surface area contributed by atoms with Crippen LogP contribution < -0.4 is 10.6 Å². The third kappa shape index (κ3) is 3.91. The number of nitrogens with one attached hydrogen (secondary N) is 2. The van der Waals surface area contributed by atoms with Gasteiger partial charge in [0.1, 0.15) is 0 Å². The van der Waals surface area contributed by atoms with E-state index in [1.54, 1.807) is 12.1 Å². The van der Waals surface area contributed by atoms with Crippen LogP contribution in [0.4, 0.5) is 11.9 Å². The second-order valence-corrected chi connectivity index (χ2v) is 5.16. The molecule has 0 aliphatic rings. The van der Waals surface area contributed by atoms with Gasteiger partial charge in [0.2, 0.25) is 17.8 Å². The molecule has 0 saturated heterocycles. The summed E-state index contributed by atoms with van der Waals surface area (Å²) in [6, 6.07) is 18.3. The number of rotatable bonds is 6. The Morgan fingerprint density at radius 2 is 1.76 bits per heavy atom. The molecule has 1 amide bonds. The maximum absolute atomic E-state index is 11.6. The van der Waals surface area contributed by atoms with Crippen molar-refractivity contribution < 1.29 is 9.90 Å². The number of amides is 1. The molecule has 2 aromatic carbocycles. The molecular formula is C18H17N5O2. The van der Waals surface area contributed by atoms with Gasteiger partial charge in [0.15, 0.2) is 6.23 Å². The van der Waals surface area contributed by atoms with E-state index in [0.29, 0.717) is 5.56 Å². The molecule has 3 rings (SSSR count). The maximum atomic E-state index is 11.6. The predicted octanol–water partition coefficient (Wildman–Crippen LogP) is 2.49. The van der Waals surface area contributed by atoms with Gasteiger partial charge in [0.05, 0.1) is 5.69 Å². The zero-order valence-corrected chi connectivity index (χ0v) is 13.3. The summed E-state index contributed by atoms with van der Waals surface area (Å²) in [6.45, 7) is 3.43. The summed E-state index contributed by atoms with van der Waals surface area (Å²) in [5, 5.41) is 20.0. The van der Waals surface area contributed by atoms with E-state index in [2.05, 4.69) is 27.3 Å². The Labute approximate surface area is 144 Å². The first kappa shape index (κ1) is 16.4. The minimum Gasteiger partial charge on any atom is -0.369 e. The van der Waals surface area contributed by atoms with Gasteiger partial charge in [0.25, 0.3) is 0 Å². The second-order valence-electron chi connectivity index (χ2n) is 5.16. The van der Waals surface area contributed by atoms with Crippen molar-refractivity contribution >= 4 is 17.8 Å². The van der Waals surface area contributed by atoms with Crippen LogP contribution in [0.3, 0.4) is 0 Å². The molecule has 25 heavy (non-hydrogen) atoms. The Kier molecular flexibility index (Phi) is 4.87. The lowest BCUT2D eigenvalue weighted by Gasteiger charge is -2.10. The highest BCUT2D eigenvalue weighted by atomic mass is 16.3. The number of aromatic nitrogens is 3. The molecule has 0 fully saturated rings. The number of hydrogen-bond donors (Lipinski definition) is 3. The zero-order chi connectivity index (χ0) is 17.6. The van der Waals surface area contributed by atoms with E-state index in [4.69, 9.17) is 0 Å². The van der Waals surface area contributed by atoms with Crippen LogP contribution in [0.15, 0.2) is 73.3 Å². The zero-order valence-electron chi connectivity index (χ0n) is 13.3. The van der Waals surface area contributed by atoms with Crippen molar-refractivity contribution in [1.82, 2.24) is 14.8 Å². The summed E-state index contributed by atoms with van der Waals surface area (Å²) >= 11 is 0. The molecule has 1 atom stereocenters. The molecule has 0 aliphatic carbocycles. The molecule has 1 heterocycles. The molecule has 0 radical (unpaired) electrons. The molecule has 3 N–H and O–H groups in total. The first-order valence-electron chi connectivity index (χ1n) is 7.63. The van der Waals surface area contributed by atoms with Crippen LogP contribution >= 0.6 is 0 Å². The van der Waals surface area contributed by atoms with Gasteiger partial charge in [-0.05, 0) is 18.2 Å². The van der Waals surface area contributed by atoms with Crippen molar-refractivity contribution in [3.05, 3.63) is 78.9 Å². The van der Waals surface area contributed by atoms with Crippen molar-refractivity contribution in [1.29, 1.82) is 0 Å². The van der Waals surface area contributed by atoms with Crippen LogP contribution in [0, 0.1) is 0 Å². The van der Waals surface area contributed by atoms with Gasteiger partial charge in [-0.3, -0.25) is 10.1 Å². The van der Waals surface area contributed by atoms with Crippen LogP contribution in [0.2, 0.25) is 0 Å². The van der Waals surface area contributed by atoms with Gasteiger partial charge >= 0.3 is 0 Å². The fraction of sp³-hybridized carbons (Fsp3) is 0.0556. The van der Waals surface area contributed by atoms with Crippen molar-refractivity contribution in [2.75, 3.05) is 10.6 Å². The Morgan fingerprint density at radius 3 is 2.40 bits per heavy atom. The van der Waals surface area contributed by atoms with Crippen LogP contribution in [-0.4, -0.2) is 25.8 Å². The summed E-state index contributed by atoms with van der Waals surface area (Å²) in [5.74, 6) is -0.00170. The lowest BCUT2D eigenvalue weighted by Crippen LogP contribution is -2.12. The predicted molar refractivity (Wildman–Crippen MR) is 95.2 cm³/mol. The smallest absolute Gasteiger partial charge is 0.250 e. The standard InChI is InChI=1S/C18H17N5O2/c1-2-15(24)19-18-21-17(20-16(25)13-9-5-3-6-10-13)22-23(18)14-11-7-4-8-12-14/h2-12,16,25H,1H2,(H2,19,20,21,22,24). The van der Waals surface area contributed by atoms with Gasteiger partial charge in [-0.15, -0.1) is 5.10 Å². The molecule has 126 valence electrons. The third-order valence-electron chi connectivity index (χ3n) is 3.41. The molecule has 3 aromatic rings. The number of hydrogen-bond acceptors (Lipinski definition) is 5. The van der Waals surface area contributed by atoms with E-state index < -0.39 is 12.1 Å². The molecule has 0 spiro atoms. The SMILES string of the molecule is C=CC(=O)Nc1nc(NC(O)c2ccccc2)nn1-c1ccccc1. The Hall–Kier alpha value is -3.45. The molecular weight excluding hydrogens is 318 g/mol. The Balaban J connectivity index is 1.90. The van der Waals surface area contributed by atoms with Gasteiger partial charge < -0.3 is 10.4 Å². The number of carbonyl (C=O) groups is 1. The lowest BCUT2D eigenvalue weighted by molar-refractivity contribution is -0.111. The lowest BCUT2D eigenvalue weighted by atomic mass is 10.2. The van der Waals surface area contributed by atoms with Gasteiger partial charge in [-0.25, -0.2) is 0 Å². The van der Waals surface area contributed by atoms with E-state index in [-0.39, 0.29) is 11.9 Å². The quantitative estimate of drug-likeness (QED) is 0.475. The van der Waals surface area contributed by atoms with Crippen LogP contribution in [0.25, 0.3) is 5.69 Å². The highest BCUT2D eigenvalue weighted by molar-refractivity contribution is 5.97. The van der Waals surface area contributed by atoms with E-state index in [9.17, 15) is 9.90 Å². The molecule has 0 bridgehead atoms. The van der Waals surface area contributed by atoms with Crippen molar-refractivity contribution in [3.63, 3.8) is 0 Å². The molecule has 7 nitrogen and oxygen atoms in total. The highest BCUT2D eigenvalue weighted by Gasteiger charge is 2.16. The van der Waals surface area contributed by atoms with E-state index in [0.717, 1.165) is 11.8 Å². The van der Waals surface area contributed by atoms with E-state index in [1.807, 2.05) is 48.5 Å². The number of para-hydroxylation sites is 1. The molecule has 7 heteroatoms. The average Bonchev–Trinajstić information content (AvgIpc) is 3.05. The normalized spacial score (nSPS) is 11.6. The second kappa shape index (κ2) is 7.41. The Morgan fingerprint density at radius 1 is 1.12 bits per heavy atom. The minimum atomic E-state index is -0.976. The number of aliphatic hydroxyl groups is 1. The Bertz CT molecular complexity index is 862. The first-order valence-corrected chi connectivity index (χ1v) is 7.63. The van der Waals surface area contributed by atoms with Crippen LogP contribution in [0.5, 0.6) is 0 Å². The fourth-order valence-electron chi connectivity index (χ4n) is 2.21. The monoisotopic (exact) mass is 335 g/mol. The van der Waals surface area contributed by atoms with E-state index >= 15 is 0 Å². The van der Waals surface area contributed by atoms with Gasteiger partial charge in [-0.1, -0.05) is 55.1 Å². The number of carbonyl (C=O) groups excluding carboxylic acids is 1. The summed E-state index contributed by atoms with van der Waals surface area (Å²) in [7, 11) is 0. The average molecular weight is 335 g/mol. The minimum absolute atomic E-state index is 0.180. The summed E-state index contributed by atoms with van der Waals surface area (Å²) in [4.78, 5) is 15.9. The maximum Gasteiger partial charge on any atom is 0.250 e. The first-order chi connectivity index (χ1) is 12.2. The summed E-state index contributed by atoms with van der Waals surface area (Å²) in [5.41, 5.74) is 1.40. The number of benzene rings is 2. The van der Waals surface area contributed by atoms with Crippen molar-refractivity contribution in [2.24, 2.45) is 0 Å². The van der Waals surface area contributed by atoms with E-state index in [1.165, 1.54) is 4.68 Å². The van der Waals surface area contributed by atoms with Gasteiger partial charge in [0, 0.05) is 5.56 Å². The summed E-state index contributed by atoms with van der Waals surface area (Å²) in [6.07, 6.45) is 0.173. The number of aliphatic hydroxyl groups excluding tert-OH is 1. The van der Waals surface area contributed by atoms with Gasteiger partial charge in [-0.2, -0.15) is 9.67 Å². The number of nitrogens with zero attached hydrogens (tertiary/aromatic N) is 3. The van der Waals surface area contributed by atoms with Crippen LogP contribution in [-0.2, 0) is 4.79 Å². The summed E-state index contributed by atoms with van der Waals surface area (Å²) < 4.78 is 1.47. The molecule has 1 unspecified atom stereocenters. The molecule has 1 aromatic heterocycles.